The summed E-state index contributed by atoms with van der Waals surface area (Å²) in [7, 11) is 0. The third-order valence-electron chi connectivity index (χ3n) is 3.02. The number of carbonyl (C=O) groups is 2. The largest absolute Gasteiger partial charge is 0.481 e. The number of carbonyl (C=O) groups excluding carboxylic acids is 1. The van der Waals surface area contributed by atoms with Gasteiger partial charge in [-0.3, -0.25) is 4.79 Å². The molecule has 1 aliphatic rings. The molecule has 0 aliphatic carbocycles. The smallest absolute Gasteiger partial charge is 0.315 e. The van der Waals surface area contributed by atoms with E-state index in [4.69, 9.17) is 9.84 Å². The fourth-order valence-electron chi connectivity index (χ4n) is 1.70. The van der Waals surface area contributed by atoms with Gasteiger partial charge >= 0.3 is 12.0 Å². The van der Waals surface area contributed by atoms with Gasteiger partial charge in [-0.25, -0.2) is 4.79 Å². The van der Waals surface area contributed by atoms with Crippen LogP contribution in [0.2, 0.25) is 0 Å². The van der Waals surface area contributed by atoms with E-state index in [9.17, 15) is 9.59 Å². The highest BCUT2D eigenvalue weighted by Crippen LogP contribution is 2.28. The summed E-state index contributed by atoms with van der Waals surface area (Å²) >= 11 is 1.66. The molecule has 1 saturated heterocycles. The minimum Gasteiger partial charge on any atom is -0.481 e. The van der Waals surface area contributed by atoms with Crippen molar-refractivity contribution in [1.29, 1.82) is 0 Å². The first-order valence-corrected chi connectivity index (χ1v) is 7.20. The van der Waals surface area contributed by atoms with Gasteiger partial charge in [-0.1, -0.05) is 6.08 Å². The van der Waals surface area contributed by atoms with Crippen LogP contribution in [0, 0.1) is 5.41 Å². The topological polar surface area (TPSA) is 87.7 Å². The lowest BCUT2D eigenvalue weighted by Crippen LogP contribution is -2.52. The Morgan fingerprint density at radius 3 is 3.00 bits per heavy atom. The predicted octanol–water partition coefficient (Wildman–Crippen LogP) is 0.694. The molecule has 1 aliphatic heterocycles. The van der Waals surface area contributed by atoms with Gasteiger partial charge in [-0.2, -0.15) is 11.8 Å². The van der Waals surface area contributed by atoms with Crippen LogP contribution in [0.5, 0.6) is 0 Å². The first-order chi connectivity index (χ1) is 9.00. The summed E-state index contributed by atoms with van der Waals surface area (Å²) in [6.45, 7) is 6.05. The summed E-state index contributed by atoms with van der Waals surface area (Å²) in [6.07, 6.45) is 1.80. The molecule has 108 valence electrons. The van der Waals surface area contributed by atoms with Gasteiger partial charge in [0.1, 0.15) is 5.41 Å². The average Bonchev–Trinajstić information content (AvgIpc) is 2.72. The molecule has 0 saturated carbocycles. The monoisotopic (exact) mass is 288 g/mol. The predicted molar refractivity (Wildman–Crippen MR) is 74.4 cm³/mol. The molecule has 19 heavy (non-hydrogen) atoms. The maximum atomic E-state index is 11.6. The molecule has 1 heterocycles. The molecule has 2 atom stereocenters. The number of urea groups is 1. The number of carboxylic acids is 1. The van der Waals surface area contributed by atoms with E-state index in [1.807, 2.05) is 0 Å². The van der Waals surface area contributed by atoms with Crippen molar-refractivity contribution in [3.05, 3.63) is 12.7 Å². The zero-order valence-corrected chi connectivity index (χ0v) is 11.8. The van der Waals surface area contributed by atoms with Gasteiger partial charge < -0.3 is 20.5 Å². The molecule has 0 spiro atoms. The van der Waals surface area contributed by atoms with Crippen LogP contribution in [0.4, 0.5) is 4.79 Å². The van der Waals surface area contributed by atoms with Crippen molar-refractivity contribution < 1.29 is 19.4 Å². The molecule has 0 radical (unpaired) electrons. The minimum atomic E-state index is -1.06. The van der Waals surface area contributed by atoms with Crippen LogP contribution in [-0.4, -0.2) is 54.4 Å². The van der Waals surface area contributed by atoms with Crippen LogP contribution in [0.15, 0.2) is 12.7 Å². The van der Waals surface area contributed by atoms with Gasteiger partial charge in [0.25, 0.3) is 0 Å². The number of carboxylic acid groups (broad SMARTS) is 1. The van der Waals surface area contributed by atoms with Gasteiger partial charge in [0.2, 0.25) is 0 Å². The first kappa shape index (κ1) is 15.8. The minimum absolute atomic E-state index is 0.114. The molecule has 6 nitrogen and oxygen atoms in total. The lowest BCUT2D eigenvalue weighted by Gasteiger charge is -2.25. The molecule has 1 rings (SSSR count). The standard InChI is InChI=1S/C12H20N2O4S/c1-3-5-19-6-4-13-11(17)14-9-7-18-8-12(9,2)10(15)16/h3,9H,1,4-8H2,2H3,(H,15,16)(H2,13,14,17). The number of hydrogen-bond donors (Lipinski definition) is 3. The molecule has 0 aromatic carbocycles. The third kappa shape index (κ3) is 4.43. The molecule has 2 amide bonds. The highest BCUT2D eigenvalue weighted by Gasteiger charge is 2.47. The van der Waals surface area contributed by atoms with E-state index in [2.05, 4.69) is 17.2 Å². The number of thioether (sulfide) groups is 1. The van der Waals surface area contributed by atoms with Crippen LogP contribution in [0.3, 0.4) is 0 Å². The molecule has 0 aromatic heterocycles. The number of aliphatic carboxylic acids is 1. The molecule has 1 fully saturated rings. The van der Waals surface area contributed by atoms with Gasteiger partial charge in [0.15, 0.2) is 0 Å². The van der Waals surface area contributed by atoms with Crippen molar-refractivity contribution in [2.45, 2.75) is 13.0 Å². The Morgan fingerprint density at radius 2 is 2.37 bits per heavy atom. The normalized spacial score (nSPS) is 25.8. The Balaban J connectivity index is 2.32. The Hall–Kier alpha value is -1.21. The Labute approximate surface area is 117 Å². The second kappa shape index (κ2) is 7.40. The fraction of sp³-hybridized carbons (Fsp3) is 0.667. The molecule has 0 aromatic rings. The van der Waals surface area contributed by atoms with Crippen molar-refractivity contribution in [1.82, 2.24) is 10.6 Å². The first-order valence-electron chi connectivity index (χ1n) is 6.05. The van der Waals surface area contributed by atoms with Gasteiger partial charge in [0, 0.05) is 18.1 Å². The molecular weight excluding hydrogens is 268 g/mol. The van der Waals surface area contributed by atoms with E-state index in [0.29, 0.717) is 6.54 Å². The Kier molecular flexibility index (Phi) is 6.17. The van der Waals surface area contributed by atoms with Crippen LogP contribution in [0.1, 0.15) is 6.92 Å². The van der Waals surface area contributed by atoms with Crippen molar-refractivity contribution >= 4 is 23.8 Å². The van der Waals surface area contributed by atoms with Crippen LogP contribution >= 0.6 is 11.8 Å². The second-order valence-corrected chi connectivity index (χ2v) is 5.70. The van der Waals surface area contributed by atoms with Gasteiger partial charge in [0.05, 0.1) is 19.3 Å². The Morgan fingerprint density at radius 1 is 1.63 bits per heavy atom. The van der Waals surface area contributed by atoms with E-state index in [1.165, 1.54) is 0 Å². The van der Waals surface area contributed by atoms with E-state index >= 15 is 0 Å². The van der Waals surface area contributed by atoms with Gasteiger partial charge in [-0.05, 0) is 6.92 Å². The maximum Gasteiger partial charge on any atom is 0.315 e. The second-order valence-electron chi connectivity index (χ2n) is 4.55. The van der Waals surface area contributed by atoms with Crippen molar-refractivity contribution in [2.24, 2.45) is 5.41 Å². The SMILES string of the molecule is C=CCSCCNC(=O)NC1COCC1(C)C(=O)O. The number of nitrogens with one attached hydrogen (secondary N) is 2. The lowest BCUT2D eigenvalue weighted by molar-refractivity contribution is -0.148. The quantitative estimate of drug-likeness (QED) is 0.474. The maximum absolute atomic E-state index is 11.6. The third-order valence-corrected chi connectivity index (χ3v) is 3.98. The van der Waals surface area contributed by atoms with Crippen molar-refractivity contribution in [2.75, 3.05) is 31.3 Å². The van der Waals surface area contributed by atoms with Crippen molar-refractivity contribution in [3.8, 4) is 0 Å². The molecule has 0 bridgehead atoms. The van der Waals surface area contributed by atoms with Gasteiger partial charge in [-0.15, -0.1) is 6.58 Å². The number of hydrogen-bond acceptors (Lipinski definition) is 4. The van der Waals surface area contributed by atoms with E-state index in [0.717, 1.165) is 11.5 Å². The summed E-state index contributed by atoms with van der Waals surface area (Å²) in [5.74, 6) is 0.671. The molecule has 2 unspecified atom stereocenters. The summed E-state index contributed by atoms with van der Waals surface area (Å²) in [5.41, 5.74) is -1.06. The average molecular weight is 288 g/mol. The van der Waals surface area contributed by atoms with E-state index < -0.39 is 17.4 Å². The summed E-state index contributed by atoms with van der Waals surface area (Å²) in [6, 6.07) is -0.868. The van der Waals surface area contributed by atoms with Crippen molar-refractivity contribution in [3.63, 3.8) is 0 Å². The zero-order valence-electron chi connectivity index (χ0n) is 11.0. The molecule has 3 N–H and O–H groups in total. The van der Waals surface area contributed by atoms with E-state index in [1.54, 1.807) is 24.8 Å². The number of ether oxygens (including phenoxy) is 1. The summed E-state index contributed by atoms with van der Waals surface area (Å²) in [4.78, 5) is 22.8. The molecule has 7 heteroatoms. The highest BCUT2D eigenvalue weighted by molar-refractivity contribution is 7.99. The summed E-state index contributed by atoms with van der Waals surface area (Å²) < 4.78 is 5.15. The van der Waals surface area contributed by atoms with Crippen LogP contribution in [0.25, 0.3) is 0 Å². The highest BCUT2D eigenvalue weighted by atomic mass is 32.2. The number of rotatable bonds is 7. The lowest BCUT2D eigenvalue weighted by atomic mass is 9.85. The fourth-order valence-corrected chi connectivity index (χ4v) is 2.28. The number of amides is 2. The zero-order chi connectivity index (χ0) is 14.3. The van der Waals surface area contributed by atoms with Crippen LogP contribution in [-0.2, 0) is 9.53 Å². The molecular formula is C12H20N2O4S. The summed E-state index contributed by atoms with van der Waals surface area (Å²) in [5, 5.41) is 14.5. The van der Waals surface area contributed by atoms with E-state index in [-0.39, 0.29) is 19.2 Å². The van der Waals surface area contributed by atoms with Crippen LogP contribution < -0.4 is 10.6 Å². The Bertz CT molecular complexity index is 351.